The fourth-order valence-corrected chi connectivity index (χ4v) is 11.0. The first-order valence-corrected chi connectivity index (χ1v) is 23.4. The van der Waals surface area contributed by atoms with Crippen LogP contribution in [0.4, 0.5) is 17.1 Å². The van der Waals surface area contributed by atoms with Crippen molar-refractivity contribution in [3.8, 4) is 44.5 Å². The number of nitrogens with zero attached hydrogens (tertiary/aromatic N) is 3. The molecule has 13 rings (SSSR count). The van der Waals surface area contributed by atoms with Gasteiger partial charge in [0.15, 0.2) is 5.84 Å². The molecule has 1 spiro atoms. The summed E-state index contributed by atoms with van der Waals surface area (Å²) in [4.78, 5) is 13.1. The summed E-state index contributed by atoms with van der Waals surface area (Å²) in [5.41, 5.74) is 20.5. The third-order valence-electron chi connectivity index (χ3n) is 14.0. The molecule has 4 heteroatoms. The van der Waals surface area contributed by atoms with Gasteiger partial charge in [-0.1, -0.05) is 224 Å². The van der Waals surface area contributed by atoms with Crippen LogP contribution in [0.2, 0.25) is 0 Å². The summed E-state index contributed by atoms with van der Waals surface area (Å²) in [7, 11) is 0. The lowest BCUT2D eigenvalue weighted by Gasteiger charge is -2.45. The van der Waals surface area contributed by atoms with Crippen LogP contribution in [0.1, 0.15) is 45.1 Å². The molecule has 0 radical (unpaired) electrons. The van der Waals surface area contributed by atoms with Crippen LogP contribution in [0.3, 0.4) is 0 Å². The molecule has 10 aromatic rings. The first kappa shape index (κ1) is 39.5. The van der Waals surface area contributed by atoms with E-state index in [1.54, 1.807) is 0 Å². The molecule has 1 N–H and O–H groups in total. The van der Waals surface area contributed by atoms with Gasteiger partial charge in [0.2, 0.25) is 0 Å². The van der Waals surface area contributed by atoms with Gasteiger partial charge in [0.05, 0.1) is 16.8 Å². The van der Waals surface area contributed by atoms with E-state index in [4.69, 9.17) is 9.98 Å². The highest BCUT2D eigenvalue weighted by molar-refractivity contribution is 6.16. The zero-order chi connectivity index (χ0) is 45.0. The summed E-state index contributed by atoms with van der Waals surface area (Å²) in [5, 5.41) is 3.69. The van der Waals surface area contributed by atoms with Crippen LogP contribution in [-0.4, -0.2) is 11.7 Å². The summed E-state index contributed by atoms with van der Waals surface area (Å²) in [5.74, 6) is 1.47. The van der Waals surface area contributed by atoms with Crippen LogP contribution in [-0.2, 0) is 5.41 Å². The molecule has 2 aliphatic heterocycles. The summed E-state index contributed by atoms with van der Waals surface area (Å²) in [6, 6.07) is 92.0. The fourth-order valence-electron chi connectivity index (χ4n) is 11.0. The normalized spacial score (nSPS) is 15.0. The molecule has 320 valence electrons. The Balaban J connectivity index is 0.969. The number of hydrogen-bond donors (Lipinski definition) is 1. The number of rotatable bonds is 7. The zero-order valence-electron chi connectivity index (χ0n) is 37.2. The average Bonchev–Trinajstić information content (AvgIpc) is 3.71. The van der Waals surface area contributed by atoms with E-state index in [1.807, 2.05) is 6.07 Å². The Morgan fingerprint density at radius 3 is 1.50 bits per heavy atom. The molecule has 10 aromatic carbocycles. The van der Waals surface area contributed by atoms with Crippen molar-refractivity contribution in [2.24, 2.45) is 9.98 Å². The summed E-state index contributed by atoms with van der Waals surface area (Å²) in [6.45, 7) is 0. The molecular weight excluding hydrogens is 825 g/mol. The van der Waals surface area contributed by atoms with Gasteiger partial charge in [0.1, 0.15) is 12.0 Å². The smallest absolute Gasteiger partial charge is 0.160 e. The van der Waals surface area contributed by atoms with Crippen molar-refractivity contribution in [1.82, 2.24) is 5.32 Å². The minimum atomic E-state index is -0.562. The maximum atomic E-state index is 5.36. The van der Waals surface area contributed by atoms with Gasteiger partial charge in [-0.05, 0) is 103 Å². The predicted octanol–water partition coefficient (Wildman–Crippen LogP) is 15.3. The predicted molar refractivity (Wildman–Crippen MR) is 280 cm³/mol. The summed E-state index contributed by atoms with van der Waals surface area (Å²) < 4.78 is 0. The lowest BCUT2D eigenvalue weighted by atomic mass is 9.64. The first-order chi connectivity index (χ1) is 33.7. The number of fused-ring (bicyclic) bond motifs is 9. The number of amidine groups is 2. The second kappa shape index (κ2) is 16.2. The molecule has 0 amide bonds. The van der Waals surface area contributed by atoms with Crippen molar-refractivity contribution in [1.29, 1.82) is 0 Å². The van der Waals surface area contributed by atoms with Crippen molar-refractivity contribution in [2.75, 3.05) is 4.90 Å². The Morgan fingerprint density at radius 2 is 0.824 bits per heavy atom. The van der Waals surface area contributed by atoms with E-state index >= 15 is 0 Å². The molecule has 0 fully saturated rings. The van der Waals surface area contributed by atoms with Crippen LogP contribution in [0.5, 0.6) is 0 Å². The monoisotopic (exact) mass is 868 g/mol. The van der Waals surface area contributed by atoms with Crippen LogP contribution in [0.15, 0.2) is 265 Å². The third kappa shape index (κ3) is 6.29. The molecule has 2 heterocycles. The lowest BCUT2D eigenvalue weighted by Crippen LogP contribution is -2.36. The second-order valence-corrected chi connectivity index (χ2v) is 17.7. The molecule has 4 nitrogen and oxygen atoms in total. The summed E-state index contributed by atoms with van der Waals surface area (Å²) in [6.07, 6.45) is -0.329. The molecule has 1 aliphatic carbocycles. The number of benzene rings is 10. The SMILES string of the molecule is c1ccc(-c2ccc(C3=NC(c4ccccc4-c4ccccc4-c4ccc5c(c4)C4(c6ccccc6-5)c5ccccc5N(c5ccccc5)c5ccccc54)=NC(c4ccccc4)N3)cc2)cc1. The molecule has 1 unspecified atom stereocenters. The van der Waals surface area contributed by atoms with Gasteiger partial charge in [0.25, 0.3) is 0 Å². The van der Waals surface area contributed by atoms with Crippen molar-refractivity contribution in [2.45, 2.75) is 11.6 Å². The Hall–Kier alpha value is -8.86. The molecular formula is C64H44N4. The number of aliphatic imine (C=N–C) groups is 2. The number of hydrogen-bond acceptors (Lipinski definition) is 4. The van der Waals surface area contributed by atoms with E-state index < -0.39 is 5.41 Å². The van der Waals surface area contributed by atoms with Gasteiger partial charge in [-0.25, -0.2) is 9.98 Å². The molecule has 0 saturated heterocycles. The van der Waals surface area contributed by atoms with Gasteiger partial charge in [-0.15, -0.1) is 0 Å². The highest BCUT2D eigenvalue weighted by Gasteiger charge is 2.51. The first-order valence-electron chi connectivity index (χ1n) is 23.4. The molecule has 0 saturated carbocycles. The van der Waals surface area contributed by atoms with E-state index in [0.717, 1.165) is 56.0 Å². The Bertz CT molecular complexity index is 3550. The fraction of sp³-hybridized carbons (Fsp3) is 0.0312. The maximum absolute atomic E-state index is 5.36. The highest BCUT2D eigenvalue weighted by Crippen LogP contribution is 2.63. The topological polar surface area (TPSA) is 40.0 Å². The molecule has 68 heavy (non-hydrogen) atoms. The minimum absolute atomic E-state index is 0.329. The van der Waals surface area contributed by atoms with Crippen molar-refractivity contribution in [3.05, 3.63) is 294 Å². The van der Waals surface area contributed by atoms with Crippen molar-refractivity contribution in [3.63, 3.8) is 0 Å². The third-order valence-corrected chi connectivity index (χ3v) is 14.0. The Kier molecular flexibility index (Phi) is 9.43. The van der Waals surface area contributed by atoms with Gasteiger partial charge in [-0.2, -0.15) is 0 Å². The lowest BCUT2D eigenvalue weighted by molar-refractivity contribution is 0.674. The summed E-state index contributed by atoms with van der Waals surface area (Å²) >= 11 is 0. The van der Waals surface area contributed by atoms with Crippen LogP contribution >= 0.6 is 0 Å². The van der Waals surface area contributed by atoms with Crippen molar-refractivity contribution >= 4 is 28.7 Å². The molecule has 3 aliphatic rings. The van der Waals surface area contributed by atoms with Crippen LogP contribution in [0, 0.1) is 0 Å². The number of nitrogens with one attached hydrogen (secondary N) is 1. The van der Waals surface area contributed by atoms with Gasteiger partial charge in [0, 0.05) is 16.8 Å². The molecule has 0 bridgehead atoms. The second-order valence-electron chi connectivity index (χ2n) is 17.7. The average molecular weight is 869 g/mol. The van der Waals surface area contributed by atoms with Crippen LogP contribution in [0.25, 0.3) is 44.5 Å². The highest BCUT2D eigenvalue weighted by atomic mass is 15.2. The Labute approximate surface area is 396 Å². The number of para-hydroxylation sites is 3. The van der Waals surface area contributed by atoms with Gasteiger partial charge < -0.3 is 10.2 Å². The zero-order valence-corrected chi connectivity index (χ0v) is 37.2. The largest absolute Gasteiger partial charge is 0.344 e. The van der Waals surface area contributed by atoms with E-state index in [2.05, 4.69) is 259 Å². The molecule has 0 aromatic heterocycles. The van der Waals surface area contributed by atoms with E-state index in [0.29, 0.717) is 5.84 Å². The quantitative estimate of drug-likeness (QED) is 0.173. The van der Waals surface area contributed by atoms with Gasteiger partial charge in [-0.3, -0.25) is 0 Å². The molecule has 1 atom stereocenters. The van der Waals surface area contributed by atoms with Crippen molar-refractivity contribution < 1.29 is 0 Å². The standard InChI is InChI=1S/C64H44N4/c1-4-20-43(21-5-1)44-36-38-46(39-37-44)62-65-61(45-22-6-2-7-23-45)66-63(67-62)54-30-13-12-28-51(54)50-27-11-10-26-49(50)47-40-41-53-52-29-14-15-31-55(52)64(58(53)42-47)56-32-16-18-34-59(56)68(48-24-8-3-9-25-48)60-35-19-17-33-57(60)64/h1-42,61H,(H,65,66,67). The van der Waals surface area contributed by atoms with E-state index in [1.165, 1.54) is 50.3 Å². The van der Waals surface area contributed by atoms with E-state index in [-0.39, 0.29) is 6.17 Å². The maximum Gasteiger partial charge on any atom is 0.160 e. The van der Waals surface area contributed by atoms with E-state index in [9.17, 15) is 0 Å². The number of anilines is 3. The minimum Gasteiger partial charge on any atom is -0.344 e. The van der Waals surface area contributed by atoms with Crippen LogP contribution < -0.4 is 10.2 Å². The van der Waals surface area contributed by atoms with Gasteiger partial charge >= 0.3 is 0 Å². The Morgan fingerprint density at radius 1 is 0.353 bits per heavy atom.